The first-order valence-electron chi connectivity index (χ1n) is 6.69. The average molecular weight is 284 g/mol. The van der Waals surface area contributed by atoms with Gasteiger partial charge in [-0.05, 0) is 44.4 Å². The normalized spacial score (nSPS) is 21.3. The van der Waals surface area contributed by atoms with Crippen LogP contribution in [0.1, 0.15) is 38.7 Å². The van der Waals surface area contributed by atoms with Crippen LogP contribution in [-0.4, -0.2) is 25.5 Å². The number of rotatable bonds is 3. The summed E-state index contributed by atoms with van der Waals surface area (Å²) in [6.45, 7) is 4.91. The fourth-order valence-electron chi connectivity index (χ4n) is 2.77. The van der Waals surface area contributed by atoms with Crippen molar-refractivity contribution in [3.63, 3.8) is 0 Å². The van der Waals surface area contributed by atoms with Crippen LogP contribution in [-0.2, 0) is 5.75 Å². The topological polar surface area (TPSA) is 69.7 Å². The van der Waals surface area contributed by atoms with Crippen molar-refractivity contribution in [3.8, 4) is 0 Å². The molecule has 0 atom stereocenters. The van der Waals surface area contributed by atoms with Crippen LogP contribution in [0.15, 0.2) is 24.3 Å². The highest BCUT2D eigenvalue weighted by molar-refractivity contribution is 8.21. The van der Waals surface area contributed by atoms with E-state index in [0.717, 1.165) is 31.4 Å². The second kappa shape index (κ2) is 5.32. The van der Waals surface area contributed by atoms with Crippen LogP contribution in [0.3, 0.4) is 0 Å². The molecule has 0 aliphatic carbocycles. The van der Waals surface area contributed by atoms with Gasteiger partial charge in [0.05, 0.1) is 5.75 Å². The molecule has 5 heteroatoms. The second-order valence-electron chi connectivity index (χ2n) is 5.89. The molecule has 0 aromatic heterocycles. The van der Waals surface area contributed by atoms with E-state index < -0.39 is 10.8 Å². The molecule has 0 unspecified atom stereocenters. The zero-order valence-electron chi connectivity index (χ0n) is 11.7. The molecule has 0 amide bonds. The Hall–Kier alpha value is -0.750. The summed E-state index contributed by atoms with van der Waals surface area (Å²) in [6, 6.07) is 7.36. The highest BCUT2D eigenvalue weighted by atomic mass is 32.3. The van der Waals surface area contributed by atoms with Crippen molar-refractivity contribution in [1.29, 1.82) is 0 Å². The molecule has 1 saturated heterocycles. The van der Waals surface area contributed by atoms with Crippen molar-refractivity contribution < 1.29 is 9.11 Å². The minimum absolute atomic E-state index is 0.155. The summed E-state index contributed by atoms with van der Waals surface area (Å²) in [6.07, 6.45) is 3.17. The van der Waals surface area contributed by atoms with Gasteiger partial charge in [-0.15, -0.1) is 10.8 Å². The third-order valence-corrected chi connectivity index (χ3v) is 5.84. The largest absolute Gasteiger partial charge is 0.399 e. The van der Waals surface area contributed by atoms with E-state index in [2.05, 4.69) is 13.8 Å². The van der Waals surface area contributed by atoms with Gasteiger partial charge >= 0.3 is 0 Å². The molecule has 0 bridgehead atoms. The summed E-state index contributed by atoms with van der Waals surface area (Å²) in [5.74, 6) is 0.251. The Morgan fingerprint density at radius 1 is 1.32 bits per heavy atom. The molecular formula is C14H24N2O2S. The predicted octanol–water partition coefficient (Wildman–Crippen LogP) is 3.70. The molecule has 0 saturated carbocycles. The number of nitrogen functional groups attached to an aromatic ring is 1. The van der Waals surface area contributed by atoms with Gasteiger partial charge in [0.25, 0.3) is 0 Å². The summed E-state index contributed by atoms with van der Waals surface area (Å²) in [7, 11) is -2.78. The maximum Gasteiger partial charge on any atom is 0.0781 e. The molecular weight excluding hydrogens is 260 g/mol. The van der Waals surface area contributed by atoms with E-state index in [1.807, 2.05) is 22.5 Å². The molecule has 1 fully saturated rings. The molecule has 4 N–H and O–H groups in total. The number of hydrogen-bond donors (Lipinski definition) is 3. The Bertz CT molecular complexity index is 449. The molecule has 1 aromatic carbocycles. The lowest BCUT2D eigenvalue weighted by Gasteiger charge is -2.53. The molecule has 108 valence electrons. The highest BCUT2D eigenvalue weighted by Crippen LogP contribution is 2.52. The van der Waals surface area contributed by atoms with Crippen molar-refractivity contribution >= 4 is 16.5 Å². The van der Waals surface area contributed by atoms with Gasteiger partial charge in [-0.1, -0.05) is 18.6 Å². The first kappa shape index (κ1) is 14.7. The summed E-state index contributed by atoms with van der Waals surface area (Å²) in [5.41, 5.74) is 7.12. The van der Waals surface area contributed by atoms with E-state index in [9.17, 15) is 9.11 Å². The predicted molar refractivity (Wildman–Crippen MR) is 82.0 cm³/mol. The van der Waals surface area contributed by atoms with Gasteiger partial charge in [-0.3, -0.25) is 9.11 Å². The SMILES string of the molecule is CC1(C)CCCCN1S(O)(O)Cc1cccc(N)c1. The molecule has 2 rings (SSSR count). The number of nitrogens with two attached hydrogens (primary N) is 1. The summed E-state index contributed by atoms with van der Waals surface area (Å²) >= 11 is 0. The number of nitrogens with zero attached hydrogens (tertiary/aromatic N) is 1. The number of benzene rings is 1. The molecule has 0 spiro atoms. The van der Waals surface area contributed by atoms with E-state index in [1.165, 1.54) is 0 Å². The standard InChI is InChI=1S/C14H24N2O2S/c1-14(2)8-3-4-9-16(14)19(17,18)11-12-6-5-7-13(15)10-12/h5-7,10,17-18H,3-4,8-9,11,15H2,1-2H3. The summed E-state index contributed by atoms with van der Waals surface area (Å²) in [5, 5.41) is 0. The maximum atomic E-state index is 10.5. The van der Waals surface area contributed by atoms with Gasteiger partial charge in [-0.25, -0.2) is 4.31 Å². The van der Waals surface area contributed by atoms with Crippen molar-refractivity contribution in [2.45, 2.75) is 44.4 Å². The minimum atomic E-state index is -2.78. The zero-order chi connectivity index (χ0) is 14.1. The van der Waals surface area contributed by atoms with Crippen LogP contribution in [0.2, 0.25) is 0 Å². The van der Waals surface area contributed by atoms with Crippen LogP contribution in [0.4, 0.5) is 5.69 Å². The van der Waals surface area contributed by atoms with Gasteiger partial charge in [-0.2, -0.15) is 0 Å². The first-order valence-corrected chi connectivity index (χ1v) is 8.37. The van der Waals surface area contributed by atoms with Crippen LogP contribution in [0, 0.1) is 0 Å². The Balaban J connectivity index is 2.17. The minimum Gasteiger partial charge on any atom is -0.399 e. The van der Waals surface area contributed by atoms with Gasteiger partial charge < -0.3 is 5.73 Å². The monoisotopic (exact) mass is 284 g/mol. The van der Waals surface area contributed by atoms with Crippen molar-refractivity contribution in [1.82, 2.24) is 4.31 Å². The maximum absolute atomic E-state index is 10.5. The Morgan fingerprint density at radius 3 is 2.68 bits per heavy atom. The van der Waals surface area contributed by atoms with Crippen LogP contribution in [0.5, 0.6) is 0 Å². The van der Waals surface area contributed by atoms with E-state index in [-0.39, 0.29) is 11.3 Å². The molecule has 1 aliphatic rings. The van der Waals surface area contributed by atoms with E-state index in [4.69, 9.17) is 5.73 Å². The Kier molecular flexibility index (Phi) is 4.11. The molecule has 19 heavy (non-hydrogen) atoms. The molecule has 1 aromatic rings. The smallest absolute Gasteiger partial charge is 0.0781 e. The first-order chi connectivity index (χ1) is 8.81. The van der Waals surface area contributed by atoms with Gasteiger partial charge in [0.2, 0.25) is 0 Å². The quantitative estimate of drug-likeness (QED) is 0.740. The number of hydrogen-bond acceptors (Lipinski definition) is 4. The van der Waals surface area contributed by atoms with E-state index in [1.54, 1.807) is 6.07 Å². The van der Waals surface area contributed by atoms with E-state index >= 15 is 0 Å². The van der Waals surface area contributed by atoms with Crippen LogP contribution >= 0.6 is 10.8 Å². The zero-order valence-corrected chi connectivity index (χ0v) is 12.5. The fourth-order valence-corrected chi connectivity index (χ4v) is 4.85. The van der Waals surface area contributed by atoms with Crippen molar-refractivity contribution in [2.24, 2.45) is 0 Å². The third kappa shape index (κ3) is 3.42. The number of anilines is 1. The third-order valence-electron chi connectivity index (χ3n) is 3.74. The molecule has 1 heterocycles. The highest BCUT2D eigenvalue weighted by Gasteiger charge is 2.38. The summed E-state index contributed by atoms with van der Waals surface area (Å²) < 4.78 is 23.0. The number of piperidine rings is 1. The average Bonchev–Trinajstić information content (AvgIpc) is 2.27. The lowest BCUT2D eigenvalue weighted by atomic mass is 9.93. The van der Waals surface area contributed by atoms with Crippen molar-refractivity contribution in [3.05, 3.63) is 29.8 Å². The lowest BCUT2D eigenvalue weighted by Crippen LogP contribution is -2.48. The van der Waals surface area contributed by atoms with Gasteiger partial charge in [0.15, 0.2) is 0 Å². The Morgan fingerprint density at radius 2 is 2.05 bits per heavy atom. The fraction of sp³-hybridized carbons (Fsp3) is 0.571. The van der Waals surface area contributed by atoms with Gasteiger partial charge in [0.1, 0.15) is 0 Å². The summed E-state index contributed by atoms with van der Waals surface area (Å²) in [4.78, 5) is 0. The second-order valence-corrected chi connectivity index (χ2v) is 7.89. The van der Waals surface area contributed by atoms with Crippen LogP contribution in [0.25, 0.3) is 0 Å². The molecule has 1 aliphatic heterocycles. The van der Waals surface area contributed by atoms with E-state index in [0.29, 0.717) is 5.69 Å². The lowest BCUT2D eigenvalue weighted by molar-refractivity contribution is 0.152. The Labute approximate surface area is 117 Å². The van der Waals surface area contributed by atoms with Crippen LogP contribution < -0.4 is 5.73 Å². The van der Waals surface area contributed by atoms with Gasteiger partial charge in [0, 0.05) is 17.8 Å². The van der Waals surface area contributed by atoms with Crippen molar-refractivity contribution in [2.75, 3.05) is 12.3 Å². The molecule has 4 nitrogen and oxygen atoms in total. The molecule has 0 radical (unpaired) electrons.